The number of allylic oxidation sites excluding steroid dienone is 2. The number of alkyl halides is 6. The molecule has 1 aliphatic carbocycles. The van der Waals surface area contributed by atoms with E-state index < -0.39 is 28.1 Å². The van der Waals surface area contributed by atoms with Gasteiger partial charge in [-0.05, 0) is 15.9 Å². The molecule has 0 atom stereocenters. The van der Waals surface area contributed by atoms with Crippen LogP contribution < -0.4 is 0 Å². The second-order valence-corrected chi connectivity index (χ2v) is 3.14. The first-order valence-electron chi connectivity index (χ1n) is 2.76. The molecule has 0 fully saturated rings. The van der Waals surface area contributed by atoms with Crippen molar-refractivity contribution >= 4 is 15.9 Å². The van der Waals surface area contributed by atoms with Gasteiger partial charge in [0.15, 0.2) is 5.83 Å². The SMILES string of the molecule is FC1=C(Br)C(F)(F)C(F)(F)C1(F)F. The van der Waals surface area contributed by atoms with E-state index in [0.717, 1.165) is 0 Å². The van der Waals surface area contributed by atoms with Crippen LogP contribution in [-0.4, -0.2) is 17.8 Å². The summed E-state index contributed by atoms with van der Waals surface area (Å²) in [5, 5.41) is 0. The van der Waals surface area contributed by atoms with Gasteiger partial charge >= 0.3 is 17.8 Å². The Morgan fingerprint density at radius 2 is 1.23 bits per heavy atom. The fourth-order valence-electron chi connectivity index (χ4n) is 0.749. The zero-order chi connectivity index (χ0) is 10.7. The molecule has 0 heterocycles. The topological polar surface area (TPSA) is 0 Å². The summed E-state index contributed by atoms with van der Waals surface area (Å²) in [5.74, 6) is -19.2. The summed E-state index contributed by atoms with van der Waals surface area (Å²) < 4.78 is 83.4. The van der Waals surface area contributed by atoms with Crippen LogP contribution in [0.15, 0.2) is 10.3 Å². The van der Waals surface area contributed by atoms with Gasteiger partial charge in [-0.1, -0.05) is 0 Å². The lowest BCUT2D eigenvalue weighted by Gasteiger charge is -2.23. The van der Waals surface area contributed by atoms with E-state index in [4.69, 9.17) is 0 Å². The monoisotopic (exact) mass is 272 g/mol. The summed E-state index contributed by atoms with van der Waals surface area (Å²) in [5.41, 5.74) is 0. The second-order valence-electron chi connectivity index (χ2n) is 2.35. The molecule has 0 radical (unpaired) electrons. The molecule has 0 aromatic rings. The Bertz CT molecular complexity index is 253. The van der Waals surface area contributed by atoms with Gasteiger partial charge in [0.25, 0.3) is 0 Å². The maximum atomic E-state index is 12.3. The van der Waals surface area contributed by atoms with Gasteiger partial charge in [-0.3, -0.25) is 0 Å². The van der Waals surface area contributed by atoms with Gasteiger partial charge in [0.1, 0.15) is 4.48 Å². The van der Waals surface area contributed by atoms with Gasteiger partial charge in [-0.2, -0.15) is 26.3 Å². The molecule has 0 aromatic heterocycles. The van der Waals surface area contributed by atoms with Crippen molar-refractivity contribution in [3.63, 3.8) is 0 Å². The van der Waals surface area contributed by atoms with Crippen LogP contribution >= 0.6 is 15.9 Å². The highest BCUT2D eigenvalue weighted by molar-refractivity contribution is 9.11. The van der Waals surface area contributed by atoms with Crippen molar-refractivity contribution in [3.8, 4) is 0 Å². The summed E-state index contributed by atoms with van der Waals surface area (Å²) in [6, 6.07) is 0. The van der Waals surface area contributed by atoms with E-state index in [9.17, 15) is 30.7 Å². The minimum Gasteiger partial charge on any atom is -0.204 e. The lowest BCUT2D eigenvalue weighted by atomic mass is 10.2. The molecular weight excluding hydrogens is 273 g/mol. The van der Waals surface area contributed by atoms with E-state index >= 15 is 0 Å². The molecule has 1 rings (SSSR count). The van der Waals surface area contributed by atoms with Crippen LogP contribution in [-0.2, 0) is 0 Å². The third kappa shape index (κ3) is 0.976. The summed E-state index contributed by atoms with van der Waals surface area (Å²) in [6.07, 6.45) is 0. The van der Waals surface area contributed by atoms with E-state index in [1.165, 1.54) is 0 Å². The van der Waals surface area contributed by atoms with E-state index in [2.05, 4.69) is 0 Å². The molecule has 0 saturated heterocycles. The van der Waals surface area contributed by atoms with E-state index in [-0.39, 0.29) is 0 Å². The van der Waals surface area contributed by atoms with Crippen LogP contribution in [0.3, 0.4) is 0 Å². The molecule has 0 unspecified atom stereocenters. The standard InChI is InChI=1S/C5BrF7/c6-1-2(7)4(10,11)5(12,13)3(1,8)9. The highest BCUT2D eigenvalue weighted by Gasteiger charge is 2.80. The Hall–Kier alpha value is -0.270. The summed E-state index contributed by atoms with van der Waals surface area (Å²) >= 11 is 1.67. The van der Waals surface area contributed by atoms with Crippen molar-refractivity contribution in [2.45, 2.75) is 17.8 Å². The first kappa shape index (κ1) is 10.8. The van der Waals surface area contributed by atoms with Crippen molar-refractivity contribution in [2.24, 2.45) is 0 Å². The number of hydrogen-bond donors (Lipinski definition) is 0. The molecule has 0 saturated carbocycles. The molecule has 0 nitrogen and oxygen atoms in total. The van der Waals surface area contributed by atoms with Crippen molar-refractivity contribution in [1.29, 1.82) is 0 Å². The molecule has 0 N–H and O–H groups in total. The molecule has 0 bridgehead atoms. The molecule has 0 aliphatic heterocycles. The largest absolute Gasteiger partial charge is 0.383 e. The summed E-state index contributed by atoms with van der Waals surface area (Å²) in [6.45, 7) is 0. The van der Waals surface area contributed by atoms with Crippen molar-refractivity contribution < 1.29 is 30.7 Å². The van der Waals surface area contributed by atoms with E-state index in [1.807, 2.05) is 0 Å². The smallest absolute Gasteiger partial charge is 0.204 e. The summed E-state index contributed by atoms with van der Waals surface area (Å²) in [7, 11) is 0. The van der Waals surface area contributed by atoms with Crippen LogP contribution in [0.1, 0.15) is 0 Å². The fraction of sp³-hybridized carbons (Fsp3) is 0.600. The number of hydrogen-bond acceptors (Lipinski definition) is 0. The maximum absolute atomic E-state index is 12.3. The molecule has 0 aromatic carbocycles. The number of halogens is 8. The average molecular weight is 273 g/mol. The minimum absolute atomic E-state index is 1.67. The lowest BCUT2D eigenvalue weighted by molar-refractivity contribution is -0.266. The highest BCUT2D eigenvalue weighted by atomic mass is 79.9. The van der Waals surface area contributed by atoms with Gasteiger partial charge in [-0.25, -0.2) is 4.39 Å². The van der Waals surface area contributed by atoms with Gasteiger partial charge in [0, 0.05) is 0 Å². The highest BCUT2D eigenvalue weighted by Crippen LogP contribution is 2.60. The third-order valence-corrected chi connectivity index (χ3v) is 2.38. The lowest BCUT2D eigenvalue weighted by Crippen LogP contribution is -2.48. The zero-order valence-corrected chi connectivity index (χ0v) is 7.11. The fourth-order valence-corrected chi connectivity index (χ4v) is 1.25. The third-order valence-electron chi connectivity index (χ3n) is 1.53. The predicted octanol–water partition coefficient (Wildman–Crippen LogP) is 3.48. The summed E-state index contributed by atoms with van der Waals surface area (Å²) in [4.78, 5) is 0. The molecule has 76 valence electrons. The Kier molecular flexibility index (Phi) is 1.99. The molecule has 1 aliphatic rings. The predicted molar refractivity (Wildman–Crippen MR) is 31.9 cm³/mol. The van der Waals surface area contributed by atoms with Crippen molar-refractivity contribution in [2.75, 3.05) is 0 Å². The average Bonchev–Trinajstić information content (AvgIpc) is 2.05. The Morgan fingerprint density at radius 1 is 0.846 bits per heavy atom. The quantitative estimate of drug-likeness (QED) is 0.593. The van der Waals surface area contributed by atoms with Gasteiger partial charge < -0.3 is 0 Å². The van der Waals surface area contributed by atoms with Crippen LogP contribution in [0.2, 0.25) is 0 Å². The Balaban J connectivity index is 3.39. The Labute approximate surface area is 75.5 Å². The van der Waals surface area contributed by atoms with Crippen molar-refractivity contribution in [3.05, 3.63) is 10.3 Å². The second kappa shape index (κ2) is 2.40. The molecular formula is C5BrF7. The van der Waals surface area contributed by atoms with Gasteiger partial charge in [0.05, 0.1) is 0 Å². The van der Waals surface area contributed by atoms with Crippen LogP contribution in [0, 0.1) is 0 Å². The van der Waals surface area contributed by atoms with Crippen LogP contribution in [0.4, 0.5) is 30.7 Å². The molecule has 8 heteroatoms. The normalized spacial score (nSPS) is 29.5. The van der Waals surface area contributed by atoms with Gasteiger partial charge in [0.2, 0.25) is 0 Å². The zero-order valence-electron chi connectivity index (χ0n) is 5.52. The van der Waals surface area contributed by atoms with Crippen molar-refractivity contribution in [1.82, 2.24) is 0 Å². The van der Waals surface area contributed by atoms with E-state index in [0.29, 0.717) is 0 Å². The Morgan fingerprint density at radius 3 is 1.31 bits per heavy atom. The number of rotatable bonds is 0. The van der Waals surface area contributed by atoms with Crippen LogP contribution in [0.25, 0.3) is 0 Å². The minimum atomic E-state index is -5.73. The maximum Gasteiger partial charge on any atom is 0.383 e. The van der Waals surface area contributed by atoms with Crippen LogP contribution in [0.5, 0.6) is 0 Å². The molecule has 0 spiro atoms. The van der Waals surface area contributed by atoms with Gasteiger partial charge in [-0.15, -0.1) is 0 Å². The van der Waals surface area contributed by atoms with E-state index in [1.54, 1.807) is 15.9 Å². The molecule has 0 amide bonds. The first-order chi connectivity index (χ1) is 5.57. The molecule has 13 heavy (non-hydrogen) atoms. The first-order valence-corrected chi connectivity index (χ1v) is 3.55.